The summed E-state index contributed by atoms with van der Waals surface area (Å²) in [6.07, 6.45) is 1.12. The molecule has 0 spiro atoms. The molecule has 8 nitrogen and oxygen atoms in total. The van der Waals surface area contributed by atoms with Gasteiger partial charge >= 0.3 is 5.97 Å². The molecule has 2 N–H and O–H groups in total. The molecule has 34 heavy (non-hydrogen) atoms. The van der Waals surface area contributed by atoms with Gasteiger partial charge in [0.15, 0.2) is 11.5 Å². The summed E-state index contributed by atoms with van der Waals surface area (Å²) in [6, 6.07) is 10.1. The number of hydrogen-bond acceptors (Lipinski definition) is 5. The molecule has 1 amide bonds. The lowest BCUT2D eigenvalue weighted by Crippen LogP contribution is -2.39. The molecule has 0 aliphatic carbocycles. The number of aromatic carboxylic acids is 1. The number of fused-ring (bicyclic) bond motifs is 2. The van der Waals surface area contributed by atoms with Crippen molar-refractivity contribution in [3.05, 3.63) is 75.3 Å². The molecule has 3 heterocycles. The number of carbonyl (C=O) groups is 2. The molecule has 1 aromatic heterocycles. The molecule has 3 aromatic rings. The maximum Gasteiger partial charge on any atom is 0.356 e. The Bertz CT molecular complexity index is 1310. The number of carbonyl (C=O) groups excluding carboxylic acids is 1. The highest BCUT2D eigenvalue weighted by atomic mass is 35.5. The Hall–Kier alpha value is -3.27. The van der Waals surface area contributed by atoms with E-state index in [1.165, 1.54) is 23.8 Å². The molecule has 0 saturated carbocycles. The fraction of sp³-hybridized carbons (Fsp3) is 0.292. The quantitative estimate of drug-likeness (QED) is 0.578. The Morgan fingerprint density at radius 2 is 1.97 bits per heavy atom. The molecule has 5 rings (SSSR count). The zero-order valence-corrected chi connectivity index (χ0v) is 18.9. The van der Waals surface area contributed by atoms with Crippen LogP contribution in [0.5, 0.6) is 0 Å². The molecule has 2 aliphatic rings. The largest absolute Gasteiger partial charge is 0.476 e. The Morgan fingerprint density at radius 3 is 2.74 bits per heavy atom. The first-order valence-corrected chi connectivity index (χ1v) is 11.3. The number of β-amino-alcohol motifs (C(OH)–C–C–N with tert-alkyl or cyclic N) is 1. The van der Waals surface area contributed by atoms with Crippen molar-refractivity contribution in [1.82, 2.24) is 14.7 Å². The van der Waals surface area contributed by atoms with E-state index in [-0.39, 0.29) is 47.2 Å². The molecule has 2 aliphatic heterocycles. The van der Waals surface area contributed by atoms with E-state index in [2.05, 4.69) is 10.00 Å². The number of amides is 1. The number of halogens is 2. The highest BCUT2D eigenvalue weighted by molar-refractivity contribution is 6.30. The Morgan fingerprint density at radius 1 is 1.15 bits per heavy atom. The molecular weight excluding hydrogens is 463 g/mol. The fourth-order valence-electron chi connectivity index (χ4n) is 4.71. The Balaban J connectivity index is 1.56. The average Bonchev–Trinajstić information content (AvgIpc) is 3.21. The SMILES string of the molecule is O=C(O)c1nn(-c2cccc(Cl)c2F)c2c1CCN(c1ccc3c(c1)CN(CCO)CC3)C2=O. The van der Waals surface area contributed by atoms with Crippen LogP contribution in [0.15, 0.2) is 36.4 Å². The monoisotopic (exact) mass is 484 g/mol. The first-order chi connectivity index (χ1) is 16.4. The molecular formula is C24H22ClFN4O4. The van der Waals surface area contributed by atoms with Crippen LogP contribution >= 0.6 is 11.6 Å². The predicted octanol–water partition coefficient (Wildman–Crippen LogP) is 2.92. The normalized spacial score (nSPS) is 15.9. The molecule has 0 fully saturated rings. The molecule has 0 radical (unpaired) electrons. The maximum atomic E-state index is 14.8. The standard InChI is InChI=1S/C24H22ClFN4O4/c25-18-2-1-3-19(20(18)26)30-22-17(21(27-30)24(33)34)7-9-29(23(22)32)16-5-4-14-6-8-28(10-11-31)13-15(14)12-16/h1-5,12,31H,6-11,13H2,(H,33,34). The van der Waals surface area contributed by atoms with Gasteiger partial charge in [0.25, 0.3) is 5.91 Å². The second kappa shape index (κ2) is 8.83. The van der Waals surface area contributed by atoms with Crippen molar-refractivity contribution < 1.29 is 24.2 Å². The van der Waals surface area contributed by atoms with Gasteiger partial charge in [0.1, 0.15) is 11.4 Å². The number of aliphatic hydroxyl groups is 1. The lowest BCUT2D eigenvalue weighted by atomic mass is 9.97. The van der Waals surface area contributed by atoms with Crippen LogP contribution in [0.1, 0.15) is 37.7 Å². The number of anilines is 1. The Labute approximate surface area is 199 Å². The van der Waals surface area contributed by atoms with Crippen molar-refractivity contribution in [3.8, 4) is 5.69 Å². The molecule has 0 unspecified atom stereocenters. The number of rotatable bonds is 5. The van der Waals surface area contributed by atoms with Gasteiger partial charge < -0.3 is 15.1 Å². The first kappa shape index (κ1) is 22.5. The van der Waals surface area contributed by atoms with E-state index in [1.54, 1.807) is 4.90 Å². The maximum absolute atomic E-state index is 14.8. The van der Waals surface area contributed by atoms with Crippen LogP contribution in [-0.2, 0) is 19.4 Å². The lowest BCUT2D eigenvalue weighted by Gasteiger charge is -2.31. The third-order valence-corrected chi connectivity index (χ3v) is 6.68. The van der Waals surface area contributed by atoms with Gasteiger partial charge in [-0.2, -0.15) is 5.10 Å². The minimum atomic E-state index is -1.28. The van der Waals surface area contributed by atoms with Crippen molar-refractivity contribution in [2.45, 2.75) is 19.4 Å². The van der Waals surface area contributed by atoms with Crippen LogP contribution in [-0.4, -0.2) is 63.0 Å². The summed E-state index contributed by atoms with van der Waals surface area (Å²) in [4.78, 5) is 29.2. The minimum absolute atomic E-state index is 0.0180. The lowest BCUT2D eigenvalue weighted by molar-refractivity contribution is 0.0688. The second-order valence-corrected chi connectivity index (χ2v) is 8.78. The summed E-state index contributed by atoms with van der Waals surface area (Å²) in [5.74, 6) is -2.52. The van der Waals surface area contributed by atoms with E-state index in [1.807, 2.05) is 18.2 Å². The van der Waals surface area contributed by atoms with Crippen molar-refractivity contribution in [2.75, 3.05) is 31.1 Å². The molecule has 0 atom stereocenters. The van der Waals surface area contributed by atoms with E-state index in [4.69, 9.17) is 11.6 Å². The number of hydrogen-bond donors (Lipinski definition) is 2. The zero-order valence-electron chi connectivity index (χ0n) is 18.2. The van der Waals surface area contributed by atoms with Gasteiger partial charge in [0.2, 0.25) is 0 Å². The number of carboxylic acids is 1. The van der Waals surface area contributed by atoms with Crippen LogP contribution in [0, 0.1) is 5.82 Å². The summed E-state index contributed by atoms with van der Waals surface area (Å²) >= 11 is 5.93. The van der Waals surface area contributed by atoms with Crippen LogP contribution in [0.4, 0.5) is 10.1 Å². The summed E-state index contributed by atoms with van der Waals surface area (Å²) in [5.41, 5.74) is 2.89. The van der Waals surface area contributed by atoms with E-state index >= 15 is 0 Å². The van der Waals surface area contributed by atoms with Crippen molar-refractivity contribution >= 4 is 29.2 Å². The number of nitrogens with zero attached hydrogens (tertiary/aromatic N) is 4. The number of benzene rings is 2. The van der Waals surface area contributed by atoms with E-state index in [9.17, 15) is 24.2 Å². The smallest absolute Gasteiger partial charge is 0.356 e. The summed E-state index contributed by atoms with van der Waals surface area (Å²) < 4.78 is 15.9. The topological polar surface area (TPSA) is 98.9 Å². The molecule has 0 bridgehead atoms. The van der Waals surface area contributed by atoms with Crippen molar-refractivity contribution in [3.63, 3.8) is 0 Å². The molecule has 10 heteroatoms. The third kappa shape index (κ3) is 3.75. The number of aliphatic hydroxyl groups excluding tert-OH is 1. The fourth-order valence-corrected chi connectivity index (χ4v) is 4.88. The van der Waals surface area contributed by atoms with Crippen LogP contribution < -0.4 is 4.90 Å². The zero-order chi connectivity index (χ0) is 24.0. The van der Waals surface area contributed by atoms with Crippen LogP contribution in [0.2, 0.25) is 5.02 Å². The Kier molecular flexibility index (Phi) is 5.85. The van der Waals surface area contributed by atoms with E-state index in [0.29, 0.717) is 18.8 Å². The summed E-state index contributed by atoms with van der Waals surface area (Å²) in [6.45, 7) is 2.47. The first-order valence-electron chi connectivity index (χ1n) is 11.0. The summed E-state index contributed by atoms with van der Waals surface area (Å²) in [5, 5.41) is 22.9. The van der Waals surface area contributed by atoms with Crippen LogP contribution in [0.25, 0.3) is 5.69 Å². The van der Waals surface area contributed by atoms with Gasteiger partial charge in [-0.05, 0) is 48.2 Å². The van der Waals surface area contributed by atoms with Gasteiger partial charge in [-0.3, -0.25) is 9.69 Å². The van der Waals surface area contributed by atoms with E-state index < -0.39 is 17.7 Å². The predicted molar refractivity (Wildman–Crippen MR) is 123 cm³/mol. The number of carboxylic acid groups (broad SMARTS) is 1. The van der Waals surface area contributed by atoms with E-state index in [0.717, 1.165) is 23.2 Å². The van der Waals surface area contributed by atoms with Gasteiger partial charge in [0.05, 0.1) is 11.6 Å². The average molecular weight is 485 g/mol. The van der Waals surface area contributed by atoms with Gasteiger partial charge in [-0.1, -0.05) is 23.7 Å². The highest BCUT2D eigenvalue weighted by Crippen LogP contribution is 2.32. The third-order valence-electron chi connectivity index (χ3n) is 6.39. The molecule has 0 saturated heterocycles. The van der Waals surface area contributed by atoms with Crippen molar-refractivity contribution in [1.29, 1.82) is 0 Å². The summed E-state index contributed by atoms with van der Waals surface area (Å²) in [7, 11) is 0. The van der Waals surface area contributed by atoms with Gasteiger partial charge in [-0.15, -0.1) is 0 Å². The van der Waals surface area contributed by atoms with Crippen LogP contribution in [0.3, 0.4) is 0 Å². The second-order valence-electron chi connectivity index (χ2n) is 8.38. The van der Waals surface area contributed by atoms with Gasteiger partial charge in [-0.25, -0.2) is 13.9 Å². The highest BCUT2D eigenvalue weighted by Gasteiger charge is 2.36. The molecule has 2 aromatic carbocycles. The number of aromatic nitrogens is 2. The van der Waals surface area contributed by atoms with Gasteiger partial charge in [0, 0.05) is 37.4 Å². The van der Waals surface area contributed by atoms with Crippen molar-refractivity contribution in [2.24, 2.45) is 0 Å². The minimum Gasteiger partial charge on any atom is -0.476 e. The molecule has 176 valence electrons.